The largest absolute Gasteiger partial charge is 0.496 e. The summed E-state index contributed by atoms with van der Waals surface area (Å²) in [5.41, 5.74) is 0.809. The third-order valence-corrected chi connectivity index (χ3v) is 8.05. The number of benzene rings is 1. The molecule has 0 spiro atoms. The summed E-state index contributed by atoms with van der Waals surface area (Å²) in [4.78, 5) is 24.3. The monoisotopic (exact) mass is 417 g/mol. The molecule has 29 heavy (non-hydrogen) atoms. The molecule has 4 rings (SSSR count). The summed E-state index contributed by atoms with van der Waals surface area (Å²) >= 11 is 1.93. The number of para-hydroxylation sites is 1. The lowest BCUT2D eigenvalue weighted by Gasteiger charge is -2.32. The fraction of sp³-hybridized carbons (Fsp3) is 0.636. The van der Waals surface area contributed by atoms with Crippen molar-refractivity contribution in [2.24, 2.45) is 0 Å². The van der Waals surface area contributed by atoms with Gasteiger partial charge in [0.05, 0.1) is 24.7 Å². The predicted octanol–water partition coefficient (Wildman–Crippen LogP) is 3.31. The third kappa shape index (κ3) is 4.34. The molecule has 3 amide bonds. The van der Waals surface area contributed by atoms with Crippen LogP contribution in [0.15, 0.2) is 24.3 Å². The zero-order valence-corrected chi connectivity index (χ0v) is 17.9. The summed E-state index contributed by atoms with van der Waals surface area (Å²) < 4.78 is 5.57. The first-order chi connectivity index (χ1) is 14.1. The first kappa shape index (κ1) is 20.4. The second-order valence-corrected chi connectivity index (χ2v) is 9.68. The predicted molar refractivity (Wildman–Crippen MR) is 115 cm³/mol. The van der Waals surface area contributed by atoms with E-state index in [0.717, 1.165) is 62.0 Å². The van der Waals surface area contributed by atoms with Crippen LogP contribution in [0.2, 0.25) is 0 Å². The Kier molecular flexibility index (Phi) is 6.23. The summed E-state index contributed by atoms with van der Waals surface area (Å²) in [6.07, 6.45) is 7.65. The molecule has 0 unspecified atom stereocenters. The van der Waals surface area contributed by atoms with E-state index in [-0.39, 0.29) is 29.6 Å². The molecule has 158 valence electrons. The minimum Gasteiger partial charge on any atom is -0.496 e. The average Bonchev–Trinajstić information content (AvgIpc) is 3.42. The van der Waals surface area contributed by atoms with Gasteiger partial charge in [0.25, 0.3) is 0 Å². The number of thioether (sulfide) groups is 1. The quantitative estimate of drug-likeness (QED) is 0.448. The third-order valence-electron chi connectivity index (χ3n) is 6.54. The van der Waals surface area contributed by atoms with Crippen molar-refractivity contribution in [1.82, 2.24) is 16.0 Å². The van der Waals surface area contributed by atoms with E-state index in [2.05, 4.69) is 22.0 Å². The number of hydrogen-bond donors (Lipinski definition) is 3. The van der Waals surface area contributed by atoms with E-state index in [1.54, 1.807) is 7.11 Å². The van der Waals surface area contributed by atoms with Crippen LogP contribution in [0, 0.1) is 0 Å². The Hall–Kier alpha value is -1.89. The molecule has 1 aromatic rings. The lowest BCUT2D eigenvalue weighted by Crippen LogP contribution is -2.44. The number of amides is 3. The van der Waals surface area contributed by atoms with Gasteiger partial charge in [-0.15, -0.1) is 0 Å². The maximum atomic E-state index is 12.8. The Bertz CT molecular complexity index is 751. The van der Waals surface area contributed by atoms with Crippen LogP contribution in [-0.4, -0.2) is 42.1 Å². The molecule has 3 atom stereocenters. The van der Waals surface area contributed by atoms with Crippen molar-refractivity contribution >= 4 is 23.7 Å². The number of nitrogens with one attached hydrogen (secondary N) is 3. The van der Waals surface area contributed by atoms with Gasteiger partial charge in [-0.3, -0.25) is 4.79 Å². The number of carbonyl (C=O) groups is 2. The van der Waals surface area contributed by atoms with Gasteiger partial charge in [0.1, 0.15) is 5.75 Å². The smallest absolute Gasteiger partial charge is 0.315 e. The van der Waals surface area contributed by atoms with Crippen LogP contribution >= 0.6 is 11.8 Å². The zero-order valence-electron chi connectivity index (χ0n) is 17.0. The Balaban J connectivity index is 1.28. The Morgan fingerprint density at radius 1 is 1.24 bits per heavy atom. The van der Waals surface area contributed by atoms with Crippen LogP contribution in [0.4, 0.5) is 4.79 Å². The van der Waals surface area contributed by atoms with Crippen LogP contribution in [0.25, 0.3) is 0 Å². The molecule has 2 heterocycles. The van der Waals surface area contributed by atoms with Gasteiger partial charge in [0.2, 0.25) is 5.91 Å². The number of hydrogen-bond acceptors (Lipinski definition) is 4. The molecule has 3 N–H and O–H groups in total. The molecule has 1 aromatic carbocycles. The van der Waals surface area contributed by atoms with E-state index >= 15 is 0 Å². The molecule has 0 radical (unpaired) electrons. The van der Waals surface area contributed by atoms with Gasteiger partial charge in [-0.25, -0.2) is 4.79 Å². The van der Waals surface area contributed by atoms with Crippen LogP contribution < -0.4 is 20.7 Å². The average molecular weight is 418 g/mol. The van der Waals surface area contributed by atoms with E-state index in [0.29, 0.717) is 11.7 Å². The number of fused-ring (bicyclic) bond motifs is 1. The van der Waals surface area contributed by atoms with Crippen LogP contribution in [0.5, 0.6) is 5.75 Å². The Morgan fingerprint density at radius 3 is 2.83 bits per heavy atom. The number of unbranched alkanes of at least 4 members (excludes halogenated alkanes) is 1. The topological polar surface area (TPSA) is 79.5 Å². The highest BCUT2D eigenvalue weighted by molar-refractivity contribution is 8.00. The van der Waals surface area contributed by atoms with E-state index < -0.39 is 0 Å². The van der Waals surface area contributed by atoms with Crippen molar-refractivity contribution in [2.75, 3.05) is 12.9 Å². The lowest BCUT2D eigenvalue weighted by atomic mass is 9.87. The van der Waals surface area contributed by atoms with Crippen LogP contribution in [-0.2, 0) is 10.3 Å². The summed E-state index contributed by atoms with van der Waals surface area (Å²) in [6.45, 7) is 0. The minimum absolute atomic E-state index is 0.0390. The summed E-state index contributed by atoms with van der Waals surface area (Å²) in [6, 6.07) is 8.53. The molecule has 0 bridgehead atoms. The van der Waals surface area contributed by atoms with Crippen molar-refractivity contribution in [2.45, 2.75) is 74.2 Å². The maximum Gasteiger partial charge on any atom is 0.315 e. The highest BCUT2D eigenvalue weighted by Gasteiger charge is 2.42. The van der Waals surface area contributed by atoms with Gasteiger partial charge < -0.3 is 20.7 Å². The van der Waals surface area contributed by atoms with Gasteiger partial charge in [-0.05, 0) is 31.7 Å². The fourth-order valence-corrected chi connectivity index (χ4v) is 6.63. The molecule has 6 nitrogen and oxygen atoms in total. The van der Waals surface area contributed by atoms with Gasteiger partial charge in [-0.1, -0.05) is 37.5 Å². The van der Waals surface area contributed by atoms with Gasteiger partial charge >= 0.3 is 6.03 Å². The molecular weight excluding hydrogens is 386 g/mol. The highest BCUT2D eigenvalue weighted by atomic mass is 32.2. The molecule has 3 fully saturated rings. The van der Waals surface area contributed by atoms with Crippen LogP contribution in [0.1, 0.15) is 56.9 Å². The Labute approximate surface area is 176 Å². The van der Waals surface area contributed by atoms with Crippen molar-refractivity contribution < 1.29 is 14.3 Å². The minimum atomic E-state index is -0.294. The number of urea groups is 1. The standard InChI is InChI=1S/C22H31N3O3S/c1-28-17-9-3-2-8-15(17)22(12-6-7-13-22)25-19(26)11-5-4-10-18-20-16(14-29-18)23-21(27)24-20/h2-3,8-9,16,18,20H,4-7,10-14H2,1H3,(H,25,26)(H2,23,24,27)/t16-,18-,20-/m0/s1. The van der Waals surface area contributed by atoms with Crippen molar-refractivity contribution in [3.63, 3.8) is 0 Å². The Morgan fingerprint density at radius 2 is 2.03 bits per heavy atom. The molecule has 2 aliphatic heterocycles. The number of rotatable bonds is 8. The second-order valence-electron chi connectivity index (χ2n) is 8.41. The number of carbonyl (C=O) groups excluding carboxylic acids is 2. The number of ether oxygens (including phenoxy) is 1. The van der Waals surface area contributed by atoms with Crippen molar-refractivity contribution in [1.29, 1.82) is 0 Å². The van der Waals surface area contributed by atoms with Gasteiger partial charge in [0.15, 0.2) is 0 Å². The normalized spacial score (nSPS) is 27.2. The zero-order chi connectivity index (χ0) is 20.3. The molecule has 0 aromatic heterocycles. The fourth-order valence-electron chi connectivity index (χ4n) is 5.08. The first-order valence-corrected chi connectivity index (χ1v) is 11.8. The molecule has 1 aliphatic carbocycles. The SMILES string of the molecule is COc1ccccc1C1(NC(=O)CCCC[C@@H]2SC[C@@H]3NC(=O)N[C@@H]32)CCCC1. The molecule has 1 saturated carbocycles. The van der Waals surface area contributed by atoms with E-state index in [1.165, 1.54) is 0 Å². The van der Waals surface area contributed by atoms with E-state index in [4.69, 9.17) is 4.74 Å². The highest BCUT2D eigenvalue weighted by Crippen LogP contribution is 2.42. The van der Waals surface area contributed by atoms with Crippen LogP contribution in [0.3, 0.4) is 0 Å². The summed E-state index contributed by atoms with van der Waals surface area (Å²) in [5, 5.41) is 9.83. The summed E-state index contributed by atoms with van der Waals surface area (Å²) in [7, 11) is 1.69. The second kappa shape index (κ2) is 8.86. The van der Waals surface area contributed by atoms with Gasteiger partial charge in [-0.2, -0.15) is 11.8 Å². The first-order valence-electron chi connectivity index (χ1n) is 10.7. The molecule has 3 aliphatic rings. The van der Waals surface area contributed by atoms with Crippen molar-refractivity contribution in [3.8, 4) is 5.75 Å². The van der Waals surface area contributed by atoms with Gasteiger partial charge in [0, 0.05) is 23.0 Å². The lowest BCUT2D eigenvalue weighted by molar-refractivity contribution is -0.123. The van der Waals surface area contributed by atoms with E-state index in [1.807, 2.05) is 30.0 Å². The van der Waals surface area contributed by atoms with Crippen molar-refractivity contribution in [3.05, 3.63) is 29.8 Å². The molecule has 7 heteroatoms. The molecule has 2 saturated heterocycles. The molecular formula is C22H31N3O3S. The summed E-state index contributed by atoms with van der Waals surface area (Å²) in [5.74, 6) is 1.97. The van der Waals surface area contributed by atoms with E-state index in [9.17, 15) is 9.59 Å². The number of methoxy groups -OCH3 is 1. The maximum absolute atomic E-state index is 12.8.